The topological polar surface area (TPSA) is 82.7 Å². The number of aliphatic hydroxyl groups is 1. The second-order valence-corrected chi connectivity index (χ2v) is 4.65. The molecule has 0 aliphatic heterocycles. The van der Waals surface area contributed by atoms with E-state index in [9.17, 15) is 4.79 Å². The number of rotatable bonds is 9. The van der Waals surface area contributed by atoms with E-state index in [1.165, 1.54) is 12.3 Å². The second kappa shape index (κ2) is 8.16. The van der Waals surface area contributed by atoms with E-state index in [4.69, 9.17) is 14.6 Å². The molecule has 6 heteroatoms. The van der Waals surface area contributed by atoms with Crippen molar-refractivity contribution in [2.75, 3.05) is 24.7 Å². The highest BCUT2D eigenvalue weighted by Gasteiger charge is 2.12. The fourth-order valence-corrected chi connectivity index (χ4v) is 2.11. The molecule has 0 aliphatic carbocycles. The van der Waals surface area contributed by atoms with Gasteiger partial charge in [0.15, 0.2) is 0 Å². The third-order valence-corrected chi connectivity index (χ3v) is 3.20. The van der Waals surface area contributed by atoms with Crippen molar-refractivity contribution < 1.29 is 19.4 Å². The standard InChI is InChI=1S/C11H17NO4S/c13-4-1-6-17-7-3-12-8-10-9(11(14)15)2-5-16-10/h2,5,12-13H,1,3-4,6-8H2,(H,14,15). The maximum atomic E-state index is 10.8. The highest BCUT2D eigenvalue weighted by molar-refractivity contribution is 7.99. The highest BCUT2D eigenvalue weighted by atomic mass is 32.2. The van der Waals surface area contributed by atoms with Crippen LogP contribution in [0.25, 0.3) is 0 Å². The fourth-order valence-electron chi connectivity index (χ4n) is 1.28. The van der Waals surface area contributed by atoms with Gasteiger partial charge in [-0.2, -0.15) is 11.8 Å². The molecule has 0 spiro atoms. The van der Waals surface area contributed by atoms with Crippen molar-refractivity contribution in [1.29, 1.82) is 0 Å². The van der Waals surface area contributed by atoms with Crippen molar-refractivity contribution in [3.05, 3.63) is 23.7 Å². The number of carboxylic acids is 1. The smallest absolute Gasteiger partial charge is 0.339 e. The van der Waals surface area contributed by atoms with Gasteiger partial charge in [-0.1, -0.05) is 0 Å². The van der Waals surface area contributed by atoms with Crippen molar-refractivity contribution >= 4 is 17.7 Å². The Morgan fingerprint density at radius 2 is 2.29 bits per heavy atom. The molecule has 0 fully saturated rings. The summed E-state index contributed by atoms with van der Waals surface area (Å²) in [5, 5.41) is 20.5. The average molecular weight is 259 g/mol. The van der Waals surface area contributed by atoms with Crippen LogP contribution in [0.5, 0.6) is 0 Å². The summed E-state index contributed by atoms with van der Waals surface area (Å²) in [4.78, 5) is 10.8. The molecule has 0 radical (unpaired) electrons. The monoisotopic (exact) mass is 259 g/mol. The van der Waals surface area contributed by atoms with E-state index < -0.39 is 5.97 Å². The number of hydrogen-bond acceptors (Lipinski definition) is 5. The first-order valence-electron chi connectivity index (χ1n) is 5.44. The Kier molecular flexibility index (Phi) is 6.76. The predicted octanol–water partition coefficient (Wildman–Crippen LogP) is 1.18. The van der Waals surface area contributed by atoms with Gasteiger partial charge in [0, 0.05) is 18.9 Å². The van der Waals surface area contributed by atoms with Gasteiger partial charge in [0.2, 0.25) is 0 Å². The van der Waals surface area contributed by atoms with Crippen LogP contribution in [0.4, 0.5) is 0 Å². The van der Waals surface area contributed by atoms with Crippen LogP contribution in [0.15, 0.2) is 16.7 Å². The molecule has 0 bridgehead atoms. The third kappa shape index (κ3) is 5.25. The highest BCUT2D eigenvalue weighted by Crippen LogP contribution is 2.10. The van der Waals surface area contributed by atoms with Gasteiger partial charge in [-0.05, 0) is 18.2 Å². The van der Waals surface area contributed by atoms with Crippen molar-refractivity contribution in [3.63, 3.8) is 0 Å². The molecule has 0 saturated carbocycles. The van der Waals surface area contributed by atoms with Crippen LogP contribution in [0.2, 0.25) is 0 Å². The number of thioether (sulfide) groups is 1. The van der Waals surface area contributed by atoms with Crippen LogP contribution < -0.4 is 5.32 Å². The van der Waals surface area contributed by atoms with Crippen LogP contribution in [0.1, 0.15) is 22.5 Å². The molecule has 1 rings (SSSR count). The SMILES string of the molecule is O=C(O)c1ccoc1CNCCSCCCO. The molecule has 1 heterocycles. The van der Waals surface area contributed by atoms with E-state index in [1.807, 2.05) is 0 Å². The first-order valence-corrected chi connectivity index (χ1v) is 6.60. The van der Waals surface area contributed by atoms with Gasteiger partial charge < -0.3 is 19.9 Å². The second-order valence-electron chi connectivity index (χ2n) is 3.43. The number of nitrogens with one attached hydrogen (secondary N) is 1. The van der Waals surface area contributed by atoms with Crippen LogP contribution in [0, 0.1) is 0 Å². The Morgan fingerprint density at radius 3 is 3.00 bits per heavy atom. The van der Waals surface area contributed by atoms with Crippen molar-refractivity contribution in [3.8, 4) is 0 Å². The fraction of sp³-hybridized carbons (Fsp3) is 0.545. The predicted molar refractivity (Wildman–Crippen MR) is 66.4 cm³/mol. The Hall–Kier alpha value is -0.980. The van der Waals surface area contributed by atoms with Gasteiger partial charge >= 0.3 is 5.97 Å². The van der Waals surface area contributed by atoms with E-state index >= 15 is 0 Å². The Bertz CT molecular complexity index is 340. The number of aromatic carboxylic acids is 1. The average Bonchev–Trinajstić information content (AvgIpc) is 2.76. The summed E-state index contributed by atoms with van der Waals surface area (Å²) in [5.41, 5.74) is 0.213. The maximum absolute atomic E-state index is 10.8. The van der Waals surface area contributed by atoms with Gasteiger partial charge in [0.25, 0.3) is 0 Å². The zero-order valence-corrected chi connectivity index (χ0v) is 10.3. The molecule has 1 aromatic rings. The van der Waals surface area contributed by atoms with E-state index in [-0.39, 0.29) is 12.2 Å². The molecule has 0 aromatic carbocycles. The molecule has 1 aromatic heterocycles. The summed E-state index contributed by atoms with van der Waals surface area (Å²) in [7, 11) is 0. The zero-order valence-electron chi connectivity index (χ0n) is 9.52. The first-order chi connectivity index (χ1) is 8.25. The molecule has 96 valence electrons. The number of aliphatic hydroxyl groups excluding tert-OH is 1. The van der Waals surface area contributed by atoms with Gasteiger partial charge in [-0.25, -0.2) is 4.79 Å². The molecule has 0 aliphatic rings. The molecule has 3 N–H and O–H groups in total. The summed E-state index contributed by atoms with van der Waals surface area (Å²) in [6.45, 7) is 1.44. The molecule has 0 atom stereocenters. The van der Waals surface area contributed by atoms with E-state index in [0.717, 1.165) is 24.5 Å². The Balaban J connectivity index is 2.14. The minimum Gasteiger partial charge on any atom is -0.478 e. The Morgan fingerprint density at radius 1 is 1.47 bits per heavy atom. The quantitative estimate of drug-likeness (QED) is 0.578. The summed E-state index contributed by atoms with van der Waals surface area (Å²) >= 11 is 1.76. The summed E-state index contributed by atoms with van der Waals surface area (Å²) in [6.07, 6.45) is 2.20. The van der Waals surface area contributed by atoms with Gasteiger partial charge in [-0.15, -0.1) is 0 Å². The van der Waals surface area contributed by atoms with Crippen LogP contribution in [-0.2, 0) is 6.54 Å². The number of carbonyl (C=O) groups is 1. The lowest BCUT2D eigenvalue weighted by Gasteiger charge is -2.03. The lowest BCUT2D eigenvalue weighted by molar-refractivity contribution is 0.0694. The molecule has 0 saturated heterocycles. The minimum atomic E-state index is -0.965. The number of furan rings is 1. The molecule has 0 amide bonds. The number of carboxylic acid groups (broad SMARTS) is 1. The summed E-state index contributed by atoms with van der Waals surface area (Å²) in [5.74, 6) is 1.37. The molecule has 0 unspecified atom stereocenters. The van der Waals surface area contributed by atoms with Crippen LogP contribution in [0.3, 0.4) is 0 Å². The molecule has 17 heavy (non-hydrogen) atoms. The lowest BCUT2D eigenvalue weighted by atomic mass is 10.2. The van der Waals surface area contributed by atoms with Crippen LogP contribution in [-0.4, -0.2) is 40.8 Å². The largest absolute Gasteiger partial charge is 0.478 e. The van der Waals surface area contributed by atoms with Crippen molar-refractivity contribution in [2.24, 2.45) is 0 Å². The number of hydrogen-bond donors (Lipinski definition) is 3. The summed E-state index contributed by atoms with van der Waals surface area (Å²) < 4.78 is 5.09. The Labute approximate surface area is 104 Å². The van der Waals surface area contributed by atoms with E-state index in [2.05, 4.69) is 5.32 Å². The molecular formula is C11H17NO4S. The zero-order chi connectivity index (χ0) is 12.5. The lowest BCUT2D eigenvalue weighted by Crippen LogP contribution is -2.17. The van der Waals surface area contributed by atoms with E-state index in [0.29, 0.717) is 12.3 Å². The molecule has 5 nitrogen and oxygen atoms in total. The normalized spacial score (nSPS) is 10.6. The third-order valence-electron chi connectivity index (χ3n) is 2.13. The van der Waals surface area contributed by atoms with Crippen molar-refractivity contribution in [1.82, 2.24) is 5.32 Å². The first kappa shape index (κ1) is 14.1. The van der Waals surface area contributed by atoms with E-state index in [1.54, 1.807) is 11.8 Å². The van der Waals surface area contributed by atoms with Gasteiger partial charge in [0.1, 0.15) is 11.3 Å². The molecular weight excluding hydrogens is 242 g/mol. The van der Waals surface area contributed by atoms with Crippen molar-refractivity contribution in [2.45, 2.75) is 13.0 Å². The van der Waals surface area contributed by atoms with Gasteiger partial charge in [-0.3, -0.25) is 0 Å². The van der Waals surface area contributed by atoms with Gasteiger partial charge in [0.05, 0.1) is 12.8 Å². The maximum Gasteiger partial charge on any atom is 0.339 e. The minimum absolute atomic E-state index is 0.213. The van der Waals surface area contributed by atoms with Crippen LogP contribution >= 0.6 is 11.8 Å². The summed E-state index contributed by atoms with van der Waals surface area (Å²) in [6, 6.07) is 1.45.